The molecule has 2 amide bonds. The van der Waals surface area contributed by atoms with Crippen molar-refractivity contribution < 1.29 is 9.59 Å². The van der Waals surface area contributed by atoms with E-state index in [1.165, 1.54) is 0 Å². The quantitative estimate of drug-likeness (QED) is 0.843. The molecule has 0 spiro atoms. The molecule has 0 aliphatic carbocycles. The van der Waals surface area contributed by atoms with Gasteiger partial charge >= 0.3 is 11.8 Å². The van der Waals surface area contributed by atoms with Crippen molar-refractivity contribution in [2.75, 3.05) is 5.32 Å². The highest BCUT2D eigenvalue weighted by Gasteiger charge is 2.17. The van der Waals surface area contributed by atoms with Gasteiger partial charge in [-0.05, 0) is 36.5 Å². The van der Waals surface area contributed by atoms with Crippen LogP contribution >= 0.6 is 0 Å². The number of benzene rings is 2. The van der Waals surface area contributed by atoms with Gasteiger partial charge in [0.05, 0.1) is 0 Å². The van der Waals surface area contributed by atoms with Crippen LogP contribution in [0.1, 0.15) is 42.0 Å². The third kappa shape index (κ3) is 4.44. The van der Waals surface area contributed by atoms with E-state index in [9.17, 15) is 9.59 Å². The third-order valence-corrected chi connectivity index (χ3v) is 3.91. The summed E-state index contributed by atoms with van der Waals surface area (Å²) in [7, 11) is 0. The van der Waals surface area contributed by atoms with E-state index in [0.717, 1.165) is 27.9 Å². The molecule has 4 heteroatoms. The second-order valence-corrected chi connectivity index (χ2v) is 6.32. The number of amides is 2. The third-order valence-electron chi connectivity index (χ3n) is 3.91. The van der Waals surface area contributed by atoms with Crippen molar-refractivity contribution in [3.63, 3.8) is 0 Å². The van der Waals surface area contributed by atoms with Crippen LogP contribution < -0.4 is 10.6 Å². The van der Waals surface area contributed by atoms with Gasteiger partial charge in [-0.25, -0.2) is 0 Å². The van der Waals surface area contributed by atoms with Gasteiger partial charge < -0.3 is 10.6 Å². The summed E-state index contributed by atoms with van der Waals surface area (Å²) in [5.74, 6) is -1.01. The molecule has 0 aromatic heterocycles. The van der Waals surface area contributed by atoms with Gasteiger partial charge in [0, 0.05) is 12.2 Å². The molecule has 2 N–H and O–H groups in total. The van der Waals surface area contributed by atoms with Gasteiger partial charge in [0.2, 0.25) is 0 Å². The van der Waals surface area contributed by atoms with Crippen LogP contribution in [0.5, 0.6) is 0 Å². The van der Waals surface area contributed by atoms with Gasteiger partial charge in [-0.15, -0.1) is 0 Å². The Labute approximate surface area is 143 Å². The Morgan fingerprint density at radius 2 is 1.71 bits per heavy atom. The van der Waals surface area contributed by atoms with Gasteiger partial charge in [0.1, 0.15) is 0 Å². The molecule has 0 unspecified atom stereocenters. The van der Waals surface area contributed by atoms with Crippen LogP contribution in [-0.4, -0.2) is 11.8 Å². The minimum absolute atomic E-state index is 0.260. The molecule has 2 aromatic rings. The number of aryl methyl sites for hydroxylation is 2. The summed E-state index contributed by atoms with van der Waals surface area (Å²) < 4.78 is 0. The lowest BCUT2D eigenvalue weighted by Crippen LogP contribution is -2.35. The average Bonchev–Trinajstić information content (AvgIpc) is 2.54. The van der Waals surface area contributed by atoms with Crippen LogP contribution in [-0.2, 0) is 16.1 Å². The molecule has 126 valence electrons. The molecule has 0 aliphatic heterocycles. The van der Waals surface area contributed by atoms with Crippen molar-refractivity contribution in [2.24, 2.45) is 0 Å². The summed E-state index contributed by atoms with van der Waals surface area (Å²) in [6.07, 6.45) is 0. The number of rotatable bonds is 4. The summed E-state index contributed by atoms with van der Waals surface area (Å²) in [5.41, 5.74) is 4.78. The van der Waals surface area contributed by atoms with Crippen molar-refractivity contribution in [1.29, 1.82) is 0 Å². The van der Waals surface area contributed by atoms with Crippen molar-refractivity contribution in [3.05, 3.63) is 64.7 Å². The molecular weight excluding hydrogens is 300 g/mol. The van der Waals surface area contributed by atoms with E-state index in [1.807, 2.05) is 56.3 Å². The lowest BCUT2D eigenvalue weighted by atomic mass is 9.98. The predicted octanol–water partition coefficient (Wildman–Crippen LogP) is 3.68. The zero-order valence-electron chi connectivity index (χ0n) is 14.6. The lowest BCUT2D eigenvalue weighted by Gasteiger charge is -2.16. The topological polar surface area (TPSA) is 58.2 Å². The number of hydrogen-bond donors (Lipinski definition) is 2. The molecule has 4 nitrogen and oxygen atoms in total. The zero-order chi connectivity index (χ0) is 17.7. The molecule has 0 heterocycles. The van der Waals surface area contributed by atoms with Crippen LogP contribution in [0.15, 0.2) is 42.5 Å². The van der Waals surface area contributed by atoms with Crippen LogP contribution in [0.2, 0.25) is 0 Å². The summed E-state index contributed by atoms with van der Waals surface area (Å²) >= 11 is 0. The maximum absolute atomic E-state index is 12.2. The smallest absolute Gasteiger partial charge is 0.313 e. The summed E-state index contributed by atoms with van der Waals surface area (Å²) in [5, 5.41) is 5.42. The second kappa shape index (κ2) is 7.77. The Morgan fingerprint density at radius 1 is 1.00 bits per heavy atom. The van der Waals surface area contributed by atoms with Gasteiger partial charge in [0.25, 0.3) is 0 Å². The second-order valence-electron chi connectivity index (χ2n) is 6.32. The molecule has 0 fully saturated rings. The fraction of sp³-hybridized carbons (Fsp3) is 0.300. The molecule has 0 saturated carbocycles. The molecule has 0 atom stereocenters. The molecule has 0 aliphatic rings. The Kier molecular flexibility index (Phi) is 5.74. The van der Waals surface area contributed by atoms with Crippen LogP contribution in [0.4, 0.5) is 5.69 Å². The Bertz CT molecular complexity index is 751. The Hall–Kier alpha value is -2.62. The Morgan fingerprint density at radius 3 is 2.38 bits per heavy atom. The highest BCUT2D eigenvalue weighted by atomic mass is 16.2. The summed E-state index contributed by atoms with van der Waals surface area (Å²) in [4.78, 5) is 24.3. The van der Waals surface area contributed by atoms with Crippen molar-refractivity contribution in [3.8, 4) is 0 Å². The summed E-state index contributed by atoms with van der Waals surface area (Å²) in [6.45, 7) is 8.36. The maximum Gasteiger partial charge on any atom is 0.313 e. The highest BCUT2D eigenvalue weighted by molar-refractivity contribution is 6.39. The first-order valence-corrected chi connectivity index (χ1v) is 8.12. The highest BCUT2D eigenvalue weighted by Crippen LogP contribution is 2.27. The fourth-order valence-corrected chi connectivity index (χ4v) is 2.60. The SMILES string of the molecule is Cc1cccc(CNC(=O)C(=O)Nc2c(C)cccc2C(C)C)c1. The minimum Gasteiger partial charge on any atom is -0.344 e. The molecule has 0 radical (unpaired) electrons. The molecule has 2 aromatic carbocycles. The van der Waals surface area contributed by atoms with Crippen LogP contribution in [0.25, 0.3) is 0 Å². The molecule has 0 saturated heterocycles. The van der Waals surface area contributed by atoms with Gasteiger partial charge in [0.15, 0.2) is 0 Å². The molecule has 0 bridgehead atoms. The number of anilines is 1. The number of hydrogen-bond acceptors (Lipinski definition) is 2. The molecule has 24 heavy (non-hydrogen) atoms. The fourth-order valence-electron chi connectivity index (χ4n) is 2.60. The Balaban J connectivity index is 2.03. The molecule has 2 rings (SSSR count). The van der Waals surface area contributed by atoms with Gasteiger partial charge in [-0.2, -0.15) is 0 Å². The number of nitrogens with one attached hydrogen (secondary N) is 2. The first-order valence-electron chi connectivity index (χ1n) is 8.12. The maximum atomic E-state index is 12.2. The van der Waals surface area contributed by atoms with E-state index in [0.29, 0.717) is 6.54 Å². The lowest BCUT2D eigenvalue weighted by molar-refractivity contribution is -0.136. The largest absolute Gasteiger partial charge is 0.344 e. The van der Waals surface area contributed by atoms with E-state index in [1.54, 1.807) is 0 Å². The van der Waals surface area contributed by atoms with Crippen molar-refractivity contribution in [1.82, 2.24) is 5.32 Å². The van der Waals surface area contributed by atoms with E-state index in [-0.39, 0.29) is 5.92 Å². The van der Waals surface area contributed by atoms with E-state index in [4.69, 9.17) is 0 Å². The number of carbonyl (C=O) groups excluding carboxylic acids is 2. The van der Waals surface area contributed by atoms with E-state index >= 15 is 0 Å². The first-order chi connectivity index (χ1) is 11.4. The standard InChI is InChI=1S/C20H24N2O2/c1-13(2)17-10-6-8-15(4)18(17)22-20(24)19(23)21-12-16-9-5-7-14(3)11-16/h5-11,13H,12H2,1-4H3,(H,21,23)(H,22,24). The van der Waals surface area contributed by atoms with Crippen LogP contribution in [0, 0.1) is 13.8 Å². The van der Waals surface area contributed by atoms with Crippen LogP contribution in [0.3, 0.4) is 0 Å². The van der Waals surface area contributed by atoms with Crippen molar-refractivity contribution in [2.45, 2.75) is 40.2 Å². The predicted molar refractivity (Wildman–Crippen MR) is 96.9 cm³/mol. The van der Waals surface area contributed by atoms with Gasteiger partial charge in [-0.3, -0.25) is 9.59 Å². The zero-order valence-corrected chi connectivity index (χ0v) is 14.6. The summed E-state index contributed by atoms with van der Waals surface area (Å²) in [6, 6.07) is 13.7. The average molecular weight is 324 g/mol. The number of para-hydroxylation sites is 1. The molecular formula is C20H24N2O2. The first kappa shape index (κ1) is 17.7. The van der Waals surface area contributed by atoms with Crippen molar-refractivity contribution >= 4 is 17.5 Å². The normalized spacial score (nSPS) is 10.5. The monoisotopic (exact) mass is 324 g/mol. The van der Waals surface area contributed by atoms with Gasteiger partial charge in [-0.1, -0.05) is 61.9 Å². The number of carbonyl (C=O) groups is 2. The van der Waals surface area contributed by atoms with E-state index < -0.39 is 11.8 Å². The van der Waals surface area contributed by atoms with E-state index in [2.05, 4.69) is 24.5 Å². The minimum atomic E-state index is -0.640.